The number of nitrogens with zero attached hydrogens (tertiary/aromatic N) is 1. The van der Waals surface area contributed by atoms with E-state index in [1.807, 2.05) is 25.1 Å². The number of nitro groups is 1. The number of aryl methyl sites for hydroxylation is 2. The third-order valence-electron chi connectivity index (χ3n) is 3.86. The lowest BCUT2D eigenvalue weighted by molar-refractivity contribution is -0.385. The topological polar surface area (TPSA) is 55.2 Å². The molecule has 0 radical (unpaired) electrons. The first-order valence-electron chi connectivity index (χ1n) is 7.09. The molecule has 0 atom stereocenters. The van der Waals surface area contributed by atoms with Crippen LogP contribution < -0.4 is 5.32 Å². The Labute approximate surface area is 125 Å². The number of anilines is 1. The van der Waals surface area contributed by atoms with Crippen molar-refractivity contribution in [2.45, 2.75) is 33.7 Å². The van der Waals surface area contributed by atoms with Crippen molar-refractivity contribution < 1.29 is 4.92 Å². The maximum Gasteiger partial charge on any atom is 0.274 e. The molecule has 0 saturated carbocycles. The van der Waals surface area contributed by atoms with Crippen LogP contribution in [0.15, 0.2) is 36.4 Å². The molecule has 4 heteroatoms. The van der Waals surface area contributed by atoms with E-state index in [0.717, 1.165) is 11.3 Å². The fourth-order valence-corrected chi connectivity index (χ4v) is 2.34. The molecule has 0 unspecified atom stereocenters. The van der Waals surface area contributed by atoms with E-state index in [-0.39, 0.29) is 10.6 Å². The van der Waals surface area contributed by atoms with Crippen LogP contribution in [0, 0.1) is 24.0 Å². The average Bonchev–Trinajstić information content (AvgIpc) is 2.48. The minimum absolute atomic E-state index is 0.184. The second-order valence-corrected chi connectivity index (χ2v) is 5.17. The molecule has 0 aliphatic heterocycles. The maximum atomic E-state index is 11.1. The molecule has 0 aliphatic carbocycles. The van der Waals surface area contributed by atoms with Gasteiger partial charge in [-0.1, -0.05) is 31.2 Å². The molecule has 2 aromatic carbocycles. The molecule has 0 aliphatic rings. The normalized spacial score (nSPS) is 10.4. The smallest absolute Gasteiger partial charge is 0.274 e. The fourth-order valence-electron chi connectivity index (χ4n) is 2.34. The molecule has 0 saturated heterocycles. The second-order valence-electron chi connectivity index (χ2n) is 5.17. The minimum Gasteiger partial charge on any atom is -0.381 e. The summed E-state index contributed by atoms with van der Waals surface area (Å²) in [6.45, 7) is 6.76. The first-order chi connectivity index (χ1) is 10.0. The van der Waals surface area contributed by atoms with Crippen LogP contribution in [0.4, 0.5) is 11.4 Å². The third-order valence-corrected chi connectivity index (χ3v) is 3.86. The van der Waals surface area contributed by atoms with Gasteiger partial charge in [-0.2, -0.15) is 0 Å². The van der Waals surface area contributed by atoms with E-state index in [1.165, 1.54) is 16.7 Å². The zero-order valence-corrected chi connectivity index (χ0v) is 12.6. The number of hydrogen-bond donors (Lipinski definition) is 1. The Morgan fingerprint density at radius 3 is 2.57 bits per heavy atom. The summed E-state index contributed by atoms with van der Waals surface area (Å²) < 4.78 is 0. The van der Waals surface area contributed by atoms with E-state index < -0.39 is 0 Å². The molecule has 110 valence electrons. The van der Waals surface area contributed by atoms with Crippen LogP contribution >= 0.6 is 0 Å². The first kappa shape index (κ1) is 15.0. The van der Waals surface area contributed by atoms with Crippen LogP contribution in [0.5, 0.6) is 0 Å². The van der Waals surface area contributed by atoms with Gasteiger partial charge in [-0.3, -0.25) is 10.1 Å². The van der Waals surface area contributed by atoms with Gasteiger partial charge in [0.2, 0.25) is 0 Å². The van der Waals surface area contributed by atoms with Crippen LogP contribution in [-0.4, -0.2) is 4.92 Å². The lowest BCUT2D eigenvalue weighted by atomic mass is 10.0. The molecule has 4 nitrogen and oxygen atoms in total. The standard InChI is InChI=1S/C17H20N2O2/c1-4-14-8-9-16(10-17(14)19(20)21)18-11-15-7-5-6-12(2)13(15)3/h5-10,18H,4,11H2,1-3H3. The van der Waals surface area contributed by atoms with E-state index in [1.54, 1.807) is 6.07 Å². The van der Waals surface area contributed by atoms with Gasteiger partial charge in [0, 0.05) is 23.9 Å². The van der Waals surface area contributed by atoms with Crippen molar-refractivity contribution >= 4 is 11.4 Å². The van der Waals surface area contributed by atoms with Crippen LogP contribution in [0.3, 0.4) is 0 Å². The van der Waals surface area contributed by atoms with E-state index in [9.17, 15) is 10.1 Å². The summed E-state index contributed by atoms with van der Waals surface area (Å²) in [7, 11) is 0. The van der Waals surface area contributed by atoms with Crippen molar-refractivity contribution in [3.8, 4) is 0 Å². The van der Waals surface area contributed by atoms with Crippen LogP contribution in [0.2, 0.25) is 0 Å². The molecule has 0 fully saturated rings. The van der Waals surface area contributed by atoms with Gasteiger partial charge in [0.1, 0.15) is 0 Å². The molecule has 0 aromatic heterocycles. The summed E-state index contributed by atoms with van der Waals surface area (Å²) in [4.78, 5) is 10.8. The largest absolute Gasteiger partial charge is 0.381 e. The summed E-state index contributed by atoms with van der Waals surface area (Å²) in [5.74, 6) is 0. The zero-order chi connectivity index (χ0) is 15.4. The van der Waals surface area contributed by atoms with Crippen molar-refractivity contribution in [2.75, 3.05) is 5.32 Å². The molecule has 21 heavy (non-hydrogen) atoms. The van der Waals surface area contributed by atoms with Crippen molar-refractivity contribution in [2.24, 2.45) is 0 Å². The molecule has 1 N–H and O–H groups in total. The second kappa shape index (κ2) is 6.39. The number of nitrogens with one attached hydrogen (secondary N) is 1. The van der Waals surface area contributed by atoms with Gasteiger partial charge in [0.05, 0.1) is 4.92 Å². The monoisotopic (exact) mass is 284 g/mol. The predicted octanol–water partition coefficient (Wildman–Crippen LogP) is 4.39. The predicted molar refractivity (Wildman–Crippen MR) is 85.7 cm³/mol. The summed E-state index contributed by atoms with van der Waals surface area (Å²) in [6, 6.07) is 11.5. The molecule has 0 amide bonds. The zero-order valence-electron chi connectivity index (χ0n) is 12.6. The number of nitro benzene ring substituents is 1. The highest BCUT2D eigenvalue weighted by atomic mass is 16.6. The van der Waals surface area contributed by atoms with Gasteiger partial charge in [-0.05, 0) is 43.0 Å². The third kappa shape index (κ3) is 3.40. The van der Waals surface area contributed by atoms with Gasteiger partial charge in [0.15, 0.2) is 0 Å². The van der Waals surface area contributed by atoms with E-state index in [4.69, 9.17) is 0 Å². The van der Waals surface area contributed by atoms with E-state index in [0.29, 0.717) is 13.0 Å². The fraction of sp³-hybridized carbons (Fsp3) is 0.294. The highest BCUT2D eigenvalue weighted by Gasteiger charge is 2.13. The number of rotatable bonds is 5. The van der Waals surface area contributed by atoms with Gasteiger partial charge in [-0.15, -0.1) is 0 Å². The van der Waals surface area contributed by atoms with Crippen LogP contribution in [0.25, 0.3) is 0 Å². The molecule has 0 bridgehead atoms. The van der Waals surface area contributed by atoms with Crippen molar-refractivity contribution in [3.05, 3.63) is 68.8 Å². The number of hydrogen-bond acceptors (Lipinski definition) is 3. The summed E-state index contributed by atoms with van der Waals surface area (Å²) in [5.41, 5.74) is 5.43. The van der Waals surface area contributed by atoms with Gasteiger partial charge in [-0.25, -0.2) is 0 Å². The summed E-state index contributed by atoms with van der Waals surface area (Å²) in [5, 5.41) is 14.4. The van der Waals surface area contributed by atoms with Crippen molar-refractivity contribution in [1.29, 1.82) is 0 Å². The highest BCUT2D eigenvalue weighted by Crippen LogP contribution is 2.24. The average molecular weight is 284 g/mol. The molecule has 0 spiro atoms. The van der Waals surface area contributed by atoms with E-state index in [2.05, 4.69) is 31.3 Å². The molecule has 0 heterocycles. The molecular formula is C17H20N2O2. The van der Waals surface area contributed by atoms with Gasteiger partial charge >= 0.3 is 0 Å². The molecule has 2 rings (SSSR count). The molecule has 2 aromatic rings. The Morgan fingerprint density at radius 1 is 1.14 bits per heavy atom. The lowest BCUT2D eigenvalue weighted by Crippen LogP contribution is -2.03. The van der Waals surface area contributed by atoms with Crippen LogP contribution in [0.1, 0.15) is 29.2 Å². The minimum atomic E-state index is -0.318. The Balaban J connectivity index is 2.19. The van der Waals surface area contributed by atoms with E-state index >= 15 is 0 Å². The quantitative estimate of drug-likeness (QED) is 0.654. The Hall–Kier alpha value is -2.36. The van der Waals surface area contributed by atoms with Crippen LogP contribution in [-0.2, 0) is 13.0 Å². The lowest BCUT2D eigenvalue weighted by Gasteiger charge is -2.11. The van der Waals surface area contributed by atoms with Crippen molar-refractivity contribution in [3.63, 3.8) is 0 Å². The Morgan fingerprint density at radius 2 is 1.90 bits per heavy atom. The first-order valence-corrected chi connectivity index (χ1v) is 7.09. The highest BCUT2D eigenvalue weighted by molar-refractivity contribution is 5.55. The van der Waals surface area contributed by atoms with Crippen molar-refractivity contribution in [1.82, 2.24) is 0 Å². The molecular weight excluding hydrogens is 264 g/mol. The maximum absolute atomic E-state index is 11.1. The SMILES string of the molecule is CCc1ccc(NCc2cccc(C)c2C)cc1[N+](=O)[O-]. The Bertz CT molecular complexity index is 666. The number of benzene rings is 2. The Kier molecular flexibility index (Phi) is 4.58. The summed E-state index contributed by atoms with van der Waals surface area (Å²) in [6.07, 6.45) is 0.660. The summed E-state index contributed by atoms with van der Waals surface area (Å²) >= 11 is 0. The van der Waals surface area contributed by atoms with Gasteiger partial charge in [0.25, 0.3) is 5.69 Å². The van der Waals surface area contributed by atoms with Gasteiger partial charge < -0.3 is 5.32 Å².